The van der Waals surface area contributed by atoms with Crippen LogP contribution < -0.4 is 4.74 Å². The Morgan fingerprint density at radius 2 is 1.64 bits per heavy atom. The standard InChI is InChI=1S/C23H19NO/c24-17-23(13-14-23)20-10-6-9-19(15-20)21-11-4-5-12-22(21)25-16-18-7-2-1-3-8-18/h1-12,15H,13-14,16H2. The van der Waals surface area contributed by atoms with Gasteiger partial charge in [0.25, 0.3) is 0 Å². The molecule has 3 aromatic rings. The Bertz CT molecular complexity index is 920. The summed E-state index contributed by atoms with van der Waals surface area (Å²) in [6.45, 7) is 0.541. The summed E-state index contributed by atoms with van der Waals surface area (Å²) in [6, 6.07) is 29.1. The normalized spacial score (nSPS) is 14.5. The number of nitriles is 1. The van der Waals surface area contributed by atoms with E-state index in [4.69, 9.17) is 4.74 Å². The molecule has 0 saturated heterocycles. The molecule has 0 radical (unpaired) electrons. The van der Waals surface area contributed by atoms with Crippen LogP contribution >= 0.6 is 0 Å². The van der Waals surface area contributed by atoms with E-state index in [1.807, 2.05) is 42.5 Å². The zero-order chi connectivity index (χ0) is 17.1. The third-order valence-corrected chi connectivity index (χ3v) is 4.81. The second-order valence-corrected chi connectivity index (χ2v) is 6.55. The van der Waals surface area contributed by atoms with Gasteiger partial charge in [0.2, 0.25) is 0 Å². The molecule has 0 heterocycles. The van der Waals surface area contributed by atoms with Crippen LogP contribution in [0.2, 0.25) is 0 Å². The van der Waals surface area contributed by atoms with Gasteiger partial charge in [0.1, 0.15) is 12.4 Å². The summed E-state index contributed by atoms with van der Waals surface area (Å²) in [6.07, 6.45) is 1.91. The van der Waals surface area contributed by atoms with Gasteiger partial charge < -0.3 is 4.74 Å². The summed E-state index contributed by atoms with van der Waals surface area (Å²) in [5.41, 5.74) is 4.16. The van der Waals surface area contributed by atoms with Gasteiger partial charge >= 0.3 is 0 Å². The Labute approximate surface area is 148 Å². The van der Waals surface area contributed by atoms with Crippen molar-refractivity contribution in [2.75, 3.05) is 0 Å². The predicted octanol–water partition coefficient (Wildman–Crippen LogP) is 5.49. The van der Waals surface area contributed by atoms with E-state index < -0.39 is 0 Å². The topological polar surface area (TPSA) is 33.0 Å². The van der Waals surface area contributed by atoms with Crippen molar-refractivity contribution in [2.45, 2.75) is 24.9 Å². The number of hydrogen-bond donors (Lipinski definition) is 0. The van der Waals surface area contributed by atoms with Crippen molar-refractivity contribution in [3.05, 3.63) is 90.0 Å². The zero-order valence-corrected chi connectivity index (χ0v) is 14.0. The lowest BCUT2D eigenvalue weighted by molar-refractivity contribution is 0.307. The maximum absolute atomic E-state index is 9.46. The summed E-state index contributed by atoms with van der Waals surface area (Å²) in [5, 5.41) is 9.46. The van der Waals surface area contributed by atoms with Crippen LogP contribution in [0.4, 0.5) is 0 Å². The summed E-state index contributed by atoms with van der Waals surface area (Å²) in [5.74, 6) is 0.866. The smallest absolute Gasteiger partial charge is 0.127 e. The van der Waals surface area contributed by atoms with Crippen LogP contribution in [0.15, 0.2) is 78.9 Å². The first kappa shape index (κ1) is 15.5. The Morgan fingerprint density at radius 1 is 0.880 bits per heavy atom. The van der Waals surface area contributed by atoms with Crippen molar-refractivity contribution in [3.8, 4) is 22.9 Å². The van der Waals surface area contributed by atoms with Crippen molar-refractivity contribution in [2.24, 2.45) is 0 Å². The van der Waals surface area contributed by atoms with Crippen molar-refractivity contribution >= 4 is 0 Å². The number of para-hydroxylation sites is 1. The molecule has 2 nitrogen and oxygen atoms in total. The zero-order valence-electron chi connectivity index (χ0n) is 14.0. The third-order valence-electron chi connectivity index (χ3n) is 4.81. The lowest BCUT2D eigenvalue weighted by Gasteiger charge is -2.14. The first-order valence-electron chi connectivity index (χ1n) is 8.59. The molecule has 0 atom stereocenters. The summed E-state index contributed by atoms with van der Waals surface area (Å²) in [7, 11) is 0. The lowest BCUT2D eigenvalue weighted by atomic mass is 9.93. The number of ether oxygens (including phenoxy) is 1. The highest BCUT2D eigenvalue weighted by Gasteiger charge is 2.44. The van der Waals surface area contributed by atoms with E-state index in [0.29, 0.717) is 6.61 Å². The Balaban J connectivity index is 1.63. The number of benzene rings is 3. The molecule has 0 aliphatic heterocycles. The van der Waals surface area contributed by atoms with Crippen LogP contribution in [-0.2, 0) is 12.0 Å². The number of nitrogens with zero attached hydrogens (tertiary/aromatic N) is 1. The summed E-state index contributed by atoms with van der Waals surface area (Å²) < 4.78 is 6.08. The van der Waals surface area contributed by atoms with Gasteiger partial charge in [-0.3, -0.25) is 0 Å². The van der Waals surface area contributed by atoms with Crippen LogP contribution in [0, 0.1) is 11.3 Å². The van der Waals surface area contributed by atoms with Gasteiger partial charge in [-0.1, -0.05) is 66.7 Å². The number of rotatable bonds is 5. The minimum atomic E-state index is -0.268. The summed E-state index contributed by atoms with van der Waals surface area (Å²) >= 11 is 0. The van der Waals surface area contributed by atoms with Crippen LogP contribution in [-0.4, -0.2) is 0 Å². The molecule has 122 valence electrons. The summed E-state index contributed by atoms with van der Waals surface area (Å²) in [4.78, 5) is 0. The fourth-order valence-electron chi connectivity index (χ4n) is 3.14. The molecule has 1 aliphatic carbocycles. The van der Waals surface area contributed by atoms with E-state index in [1.54, 1.807) is 0 Å². The second kappa shape index (κ2) is 6.45. The van der Waals surface area contributed by atoms with Crippen LogP contribution in [0.3, 0.4) is 0 Å². The van der Waals surface area contributed by atoms with Crippen LogP contribution in [0.1, 0.15) is 24.0 Å². The predicted molar refractivity (Wildman–Crippen MR) is 99.2 cm³/mol. The highest BCUT2D eigenvalue weighted by Crippen LogP contribution is 2.48. The van der Waals surface area contributed by atoms with Gasteiger partial charge in [0.15, 0.2) is 0 Å². The average molecular weight is 325 g/mol. The van der Waals surface area contributed by atoms with Crippen molar-refractivity contribution in [1.82, 2.24) is 0 Å². The molecule has 1 saturated carbocycles. The molecule has 4 rings (SSSR count). The lowest BCUT2D eigenvalue weighted by Crippen LogP contribution is -2.02. The monoisotopic (exact) mass is 325 g/mol. The molecule has 2 heteroatoms. The maximum Gasteiger partial charge on any atom is 0.127 e. The Kier molecular flexibility index (Phi) is 3.99. The van der Waals surface area contributed by atoms with Gasteiger partial charge in [-0.15, -0.1) is 0 Å². The van der Waals surface area contributed by atoms with Gasteiger partial charge in [-0.05, 0) is 41.7 Å². The molecule has 1 fully saturated rings. The molecule has 0 amide bonds. The highest BCUT2D eigenvalue weighted by atomic mass is 16.5. The SMILES string of the molecule is N#CC1(c2cccc(-c3ccccc3OCc3ccccc3)c2)CC1. The largest absolute Gasteiger partial charge is 0.488 e. The molecule has 25 heavy (non-hydrogen) atoms. The second-order valence-electron chi connectivity index (χ2n) is 6.55. The highest BCUT2D eigenvalue weighted by molar-refractivity contribution is 5.71. The van der Waals surface area contributed by atoms with Gasteiger partial charge in [0, 0.05) is 5.56 Å². The van der Waals surface area contributed by atoms with Crippen LogP contribution in [0.5, 0.6) is 5.75 Å². The molecule has 1 aliphatic rings. The van der Waals surface area contributed by atoms with E-state index in [-0.39, 0.29) is 5.41 Å². The maximum atomic E-state index is 9.46. The van der Waals surface area contributed by atoms with E-state index >= 15 is 0 Å². The first-order chi connectivity index (χ1) is 12.3. The number of hydrogen-bond acceptors (Lipinski definition) is 2. The molecule has 0 N–H and O–H groups in total. The fraction of sp³-hybridized carbons (Fsp3) is 0.174. The Hall–Kier alpha value is -3.05. The molecule has 0 bridgehead atoms. The van der Waals surface area contributed by atoms with Crippen molar-refractivity contribution in [1.29, 1.82) is 5.26 Å². The molecular formula is C23H19NO. The first-order valence-corrected chi connectivity index (χ1v) is 8.59. The van der Waals surface area contributed by atoms with Gasteiger partial charge in [0.05, 0.1) is 11.5 Å². The minimum Gasteiger partial charge on any atom is -0.488 e. The molecule has 3 aromatic carbocycles. The van der Waals surface area contributed by atoms with E-state index in [1.165, 1.54) is 0 Å². The molecule has 0 unspecified atom stereocenters. The van der Waals surface area contributed by atoms with Crippen molar-refractivity contribution < 1.29 is 4.74 Å². The molecular weight excluding hydrogens is 306 g/mol. The third kappa shape index (κ3) is 3.14. The fourth-order valence-corrected chi connectivity index (χ4v) is 3.14. The van der Waals surface area contributed by atoms with Crippen molar-refractivity contribution in [3.63, 3.8) is 0 Å². The van der Waals surface area contributed by atoms with E-state index in [0.717, 1.165) is 40.8 Å². The van der Waals surface area contributed by atoms with E-state index in [9.17, 15) is 5.26 Å². The molecule has 0 aromatic heterocycles. The quantitative estimate of drug-likeness (QED) is 0.621. The average Bonchev–Trinajstić information content (AvgIpc) is 3.49. The molecule has 0 spiro atoms. The minimum absolute atomic E-state index is 0.268. The van der Waals surface area contributed by atoms with Crippen LogP contribution in [0.25, 0.3) is 11.1 Å². The van der Waals surface area contributed by atoms with E-state index in [2.05, 4.69) is 42.5 Å². The van der Waals surface area contributed by atoms with Gasteiger partial charge in [-0.25, -0.2) is 0 Å². The Morgan fingerprint density at radius 3 is 2.40 bits per heavy atom. The van der Waals surface area contributed by atoms with Gasteiger partial charge in [-0.2, -0.15) is 5.26 Å².